The normalized spacial score (nSPS) is 24.5. The van der Waals surface area contributed by atoms with Crippen molar-refractivity contribution >= 4 is 17.8 Å². The van der Waals surface area contributed by atoms with E-state index in [1.807, 2.05) is 0 Å². The molecule has 0 bridgehead atoms. The van der Waals surface area contributed by atoms with Crippen LogP contribution in [-0.2, 0) is 4.79 Å². The van der Waals surface area contributed by atoms with Crippen LogP contribution >= 0.6 is 0 Å². The van der Waals surface area contributed by atoms with Crippen molar-refractivity contribution in [1.82, 2.24) is 20.5 Å². The monoisotopic (exact) mass is 370 g/mol. The Balaban J connectivity index is 1.92. The van der Waals surface area contributed by atoms with Gasteiger partial charge >= 0.3 is 12.2 Å². The van der Waals surface area contributed by atoms with Gasteiger partial charge in [0.05, 0.1) is 5.56 Å². The molecule has 7 nitrogen and oxygen atoms in total. The van der Waals surface area contributed by atoms with E-state index in [0.29, 0.717) is 17.7 Å². The maximum Gasteiger partial charge on any atom is 0.440 e. The van der Waals surface area contributed by atoms with E-state index in [2.05, 4.69) is 4.98 Å². The van der Waals surface area contributed by atoms with Gasteiger partial charge in [-0.3, -0.25) is 24.8 Å². The van der Waals surface area contributed by atoms with Gasteiger partial charge < -0.3 is 5.32 Å². The number of carbonyl (C=O) groups is 3. The summed E-state index contributed by atoms with van der Waals surface area (Å²) < 4.78 is 41.3. The number of urea groups is 1. The van der Waals surface area contributed by atoms with Crippen molar-refractivity contribution < 1.29 is 27.6 Å². The minimum Gasteiger partial charge on any atom is -0.314 e. The van der Waals surface area contributed by atoms with Gasteiger partial charge in [0.2, 0.25) is 0 Å². The number of nitrogens with one attached hydrogen (secondary N) is 2. The van der Waals surface area contributed by atoms with Crippen molar-refractivity contribution in [2.75, 3.05) is 0 Å². The molecule has 1 aromatic rings. The standard InChI is InChI=1S/C16H17F3N4O3/c17-16(18,19)15(21-12(24)10-5-4-8-20-9-10)13(25)23(14(26)22-15)11-6-2-1-3-7-11/h4-5,8-9,11H,1-3,6-7H2,(H,21,24)(H,22,26). The summed E-state index contributed by atoms with van der Waals surface area (Å²) in [5.41, 5.74) is -3.64. The number of aromatic nitrogens is 1. The van der Waals surface area contributed by atoms with Crippen LogP contribution in [0.2, 0.25) is 0 Å². The number of pyridine rings is 1. The average molecular weight is 370 g/mol. The summed E-state index contributed by atoms with van der Waals surface area (Å²) in [5, 5.41) is 3.34. The van der Waals surface area contributed by atoms with Crippen molar-refractivity contribution in [3.63, 3.8) is 0 Å². The van der Waals surface area contributed by atoms with Crippen molar-refractivity contribution in [1.29, 1.82) is 0 Å². The Labute approximate surface area is 146 Å². The van der Waals surface area contributed by atoms with Gasteiger partial charge in [0.1, 0.15) is 0 Å². The lowest BCUT2D eigenvalue weighted by molar-refractivity contribution is -0.200. The Morgan fingerprint density at radius 1 is 1.27 bits per heavy atom. The summed E-state index contributed by atoms with van der Waals surface area (Å²) in [6, 6.07) is 0.881. The summed E-state index contributed by atoms with van der Waals surface area (Å²) in [6.45, 7) is 0. The fourth-order valence-corrected chi connectivity index (χ4v) is 3.31. The van der Waals surface area contributed by atoms with E-state index >= 15 is 0 Å². The highest BCUT2D eigenvalue weighted by molar-refractivity contribution is 6.10. The Morgan fingerprint density at radius 2 is 1.96 bits per heavy atom. The van der Waals surface area contributed by atoms with Crippen LogP contribution in [0.5, 0.6) is 0 Å². The summed E-state index contributed by atoms with van der Waals surface area (Å²) in [6.07, 6.45) is 0.464. The minimum atomic E-state index is -5.21. The molecule has 3 rings (SSSR count). The van der Waals surface area contributed by atoms with Crippen LogP contribution in [0.1, 0.15) is 42.5 Å². The van der Waals surface area contributed by atoms with Gasteiger partial charge in [-0.25, -0.2) is 4.79 Å². The summed E-state index contributed by atoms with van der Waals surface area (Å²) >= 11 is 0. The zero-order chi connectivity index (χ0) is 18.9. The average Bonchev–Trinajstić information content (AvgIpc) is 2.87. The molecule has 1 atom stereocenters. The van der Waals surface area contributed by atoms with Gasteiger partial charge in [-0.15, -0.1) is 0 Å². The molecule has 2 N–H and O–H groups in total. The second kappa shape index (κ2) is 6.58. The second-order valence-corrected chi connectivity index (χ2v) is 6.34. The predicted molar refractivity (Wildman–Crippen MR) is 82.7 cm³/mol. The van der Waals surface area contributed by atoms with Crippen LogP contribution < -0.4 is 10.6 Å². The number of hydrogen-bond acceptors (Lipinski definition) is 4. The highest BCUT2D eigenvalue weighted by atomic mass is 19.4. The first-order valence-electron chi connectivity index (χ1n) is 8.21. The summed E-state index contributed by atoms with van der Waals surface area (Å²) in [7, 11) is 0. The van der Waals surface area contributed by atoms with Crippen LogP contribution in [0.4, 0.5) is 18.0 Å². The Morgan fingerprint density at radius 3 is 2.54 bits per heavy atom. The number of alkyl halides is 3. The number of carbonyl (C=O) groups excluding carboxylic acids is 3. The van der Waals surface area contributed by atoms with Gasteiger partial charge in [0.15, 0.2) is 0 Å². The van der Waals surface area contributed by atoms with Crippen LogP contribution in [0.3, 0.4) is 0 Å². The van der Waals surface area contributed by atoms with Crippen LogP contribution in [0.25, 0.3) is 0 Å². The maximum atomic E-state index is 13.8. The number of halogens is 3. The van der Waals surface area contributed by atoms with E-state index in [1.165, 1.54) is 18.3 Å². The molecule has 26 heavy (non-hydrogen) atoms. The molecule has 2 heterocycles. The molecule has 1 aliphatic carbocycles. The zero-order valence-corrected chi connectivity index (χ0v) is 13.7. The number of nitrogens with zero attached hydrogens (tertiary/aromatic N) is 2. The third-order valence-electron chi connectivity index (χ3n) is 4.64. The Bertz CT molecular complexity index is 719. The molecular weight excluding hydrogens is 353 g/mol. The van der Waals surface area contributed by atoms with Crippen LogP contribution in [0, 0.1) is 0 Å². The van der Waals surface area contributed by atoms with Crippen LogP contribution in [-0.4, -0.2) is 45.6 Å². The smallest absolute Gasteiger partial charge is 0.314 e. The first kappa shape index (κ1) is 18.2. The van der Waals surface area contributed by atoms with E-state index in [4.69, 9.17) is 0 Å². The first-order valence-corrected chi connectivity index (χ1v) is 8.21. The zero-order valence-electron chi connectivity index (χ0n) is 13.7. The molecule has 2 aliphatic rings. The molecule has 0 radical (unpaired) electrons. The molecule has 1 unspecified atom stereocenters. The van der Waals surface area contributed by atoms with E-state index in [-0.39, 0.29) is 5.56 Å². The number of hydrogen-bond donors (Lipinski definition) is 2. The van der Waals surface area contributed by atoms with Gasteiger partial charge in [0, 0.05) is 18.4 Å². The molecule has 140 valence electrons. The van der Waals surface area contributed by atoms with E-state index in [1.54, 1.807) is 10.6 Å². The third kappa shape index (κ3) is 2.99. The fourth-order valence-electron chi connectivity index (χ4n) is 3.31. The van der Waals surface area contributed by atoms with E-state index in [9.17, 15) is 27.6 Å². The second-order valence-electron chi connectivity index (χ2n) is 6.34. The summed E-state index contributed by atoms with van der Waals surface area (Å²) in [4.78, 5) is 41.3. The minimum absolute atomic E-state index is 0.158. The third-order valence-corrected chi connectivity index (χ3v) is 4.64. The lowest BCUT2D eigenvalue weighted by Gasteiger charge is -2.32. The molecule has 1 aromatic heterocycles. The molecule has 4 amide bonds. The number of amides is 4. The molecule has 10 heteroatoms. The molecule has 1 aliphatic heterocycles. The highest BCUT2D eigenvalue weighted by Gasteiger charge is 2.69. The van der Waals surface area contributed by atoms with Gasteiger partial charge in [0.25, 0.3) is 17.5 Å². The largest absolute Gasteiger partial charge is 0.440 e. The van der Waals surface area contributed by atoms with E-state index in [0.717, 1.165) is 25.5 Å². The van der Waals surface area contributed by atoms with E-state index < -0.39 is 35.7 Å². The van der Waals surface area contributed by atoms with Crippen molar-refractivity contribution in [2.45, 2.75) is 50.0 Å². The summed E-state index contributed by atoms with van der Waals surface area (Å²) in [5.74, 6) is -2.66. The van der Waals surface area contributed by atoms with Crippen molar-refractivity contribution in [3.05, 3.63) is 30.1 Å². The van der Waals surface area contributed by atoms with Crippen LogP contribution in [0.15, 0.2) is 24.5 Å². The molecule has 1 saturated heterocycles. The first-order chi connectivity index (χ1) is 12.3. The number of rotatable bonds is 3. The van der Waals surface area contributed by atoms with Gasteiger partial charge in [-0.05, 0) is 25.0 Å². The predicted octanol–water partition coefficient (Wildman–Crippen LogP) is 1.95. The topological polar surface area (TPSA) is 91.4 Å². The Hall–Kier alpha value is -2.65. The lowest BCUT2D eigenvalue weighted by atomic mass is 9.94. The molecule has 2 fully saturated rings. The SMILES string of the molecule is O=C(NC1(C(F)(F)F)NC(=O)N(C2CCCCC2)C1=O)c1cccnc1. The molecule has 0 aromatic carbocycles. The van der Waals surface area contributed by atoms with Crippen molar-refractivity contribution in [3.8, 4) is 0 Å². The van der Waals surface area contributed by atoms with Gasteiger partial charge in [-0.1, -0.05) is 19.3 Å². The molecule has 0 spiro atoms. The lowest BCUT2D eigenvalue weighted by Crippen LogP contribution is -2.69. The van der Waals surface area contributed by atoms with Gasteiger partial charge in [-0.2, -0.15) is 13.2 Å². The molecule has 1 saturated carbocycles. The Kier molecular flexibility index (Phi) is 4.59. The molecular formula is C16H17F3N4O3. The number of imide groups is 1. The highest BCUT2D eigenvalue weighted by Crippen LogP contribution is 2.36. The van der Waals surface area contributed by atoms with Crippen molar-refractivity contribution in [2.24, 2.45) is 0 Å². The fraction of sp³-hybridized carbons (Fsp3) is 0.500. The quantitative estimate of drug-likeness (QED) is 0.796. The maximum absolute atomic E-state index is 13.8.